The lowest BCUT2D eigenvalue weighted by atomic mass is 10.2. The van der Waals surface area contributed by atoms with Crippen molar-refractivity contribution < 1.29 is 24.0 Å². The molecule has 0 atom stereocenters. The van der Waals surface area contributed by atoms with Crippen LogP contribution in [0.25, 0.3) is 0 Å². The van der Waals surface area contributed by atoms with Crippen molar-refractivity contribution in [3.05, 3.63) is 38.9 Å². The van der Waals surface area contributed by atoms with Crippen molar-refractivity contribution in [2.75, 3.05) is 17.2 Å². The maximum absolute atomic E-state index is 11.8. The number of carbonyl (C=O) groups excluding carboxylic acids is 3. The fourth-order valence-corrected chi connectivity index (χ4v) is 2.83. The number of rotatable bonds is 9. The smallest absolute Gasteiger partial charge is 0.306 e. The second kappa shape index (κ2) is 10.2. The summed E-state index contributed by atoms with van der Waals surface area (Å²) >= 11 is 1.24. The van der Waals surface area contributed by atoms with Crippen molar-refractivity contribution in [2.45, 2.75) is 33.1 Å². The molecule has 1 aromatic carbocycles. The van der Waals surface area contributed by atoms with E-state index in [0.717, 1.165) is 5.01 Å². The number of hydrogen-bond acceptors (Lipinski definition) is 9. The molecule has 0 unspecified atom stereocenters. The third kappa shape index (κ3) is 7.25. The fraction of sp³-hybridized carbons (Fsp3) is 0.353. The van der Waals surface area contributed by atoms with Crippen LogP contribution in [-0.2, 0) is 19.1 Å². The first kappa shape index (κ1) is 21.9. The van der Waals surface area contributed by atoms with E-state index in [0.29, 0.717) is 10.7 Å². The number of aryl methyl sites for hydroxylation is 2. The normalized spacial score (nSPS) is 10.3. The van der Waals surface area contributed by atoms with Crippen LogP contribution in [0.5, 0.6) is 0 Å². The number of ether oxygens (including phenoxy) is 1. The molecule has 2 rings (SSSR count). The summed E-state index contributed by atoms with van der Waals surface area (Å²) in [5, 5.41) is 24.6. The SMILES string of the molecule is Cc1nnc(NC(=O)CCCC(=O)OCC(=O)Nc2ccc(C)c([N+](=O)[O-])c2)s1. The zero-order valence-electron chi connectivity index (χ0n) is 15.8. The molecule has 0 spiro atoms. The molecule has 0 bridgehead atoms. The largest absolute Gasteiger partial charge is 0.456 e. The average molecular weight is 421 g/mol. The standard InChI is InChI=1S/C17H19N5O6S/c1-10-6-7-12(8-13(10)22(26)27)18-15(24)9-28-16(25)5-3-4-14(23)19-17-21-20-11(2)29-17/h6-8H,3-5,9H2,1-2H3,(H,18,24)(H,19,21,23). The van der Waals surface area contributed by atoms with Gasteiger partial charge < -0.3 is 15.4 Å². The summed E-state index contributed by atoms with van der Waals surface area (Å²) in [7, 11) is 0. The molecule has 0 saturated heterocycles. The topological polar surface area (TPSA) is 153 Å². The van der Waals surface area contributed by atoms with Crippen molar-refractivity contribution in [2.24, 2.45) is 0 Å². The van der Waals surface area contributed by atoms with Gasteiger partial charge in [-0.1, -0.05) is 17.4 Å². The van der Waals surface area contributed by atoms with Crippen LogP contribution in [-0.4, -0.2) is 39.5 Å². The van der Waals surface area contributed by atoms with E-state index in [2.05, 4.69) is 20.8 Å². The van der Waals surface area contributed by atoms with Gasteiger partial charge in [-0.25, -0.2) is 0 Å². The number of benzene rings is 1. The van der Waals surface area contributed by atoms with Gasteiger partial charge in [-0.2, -0.15) is 0 Å². The zero-order chi connectivity index (χ0) is 21.4. The number of esters is 1. The molecular formula is C17H19N5O6S. The minimum absolute atomic E-state index is 0.0359. The highest BCUT2D eigenvalue weighted by Crippen LogP contribution is 2.22. The van der Waals surface area contributed by atoms with E-state index in [-0.39, 0.29) is 36.5 Å². The summed E-state index contributed by atoms with van der Waals surface area (Å²) in [5.74, 6) is -1.55. The van der Waals surface area contributed by atoms with Crippen LogP contribution in [0, 0.1) is 24.0 Å². The highest BCUT2D eigenvalue weighted by molar-refractivity contribution is 7.15. The maximum Gasteiger partial charge on any atom is 0.306 e. The summed E-state index contributed by atoms with van der Waals surface area (Å²) in [6.07, 6.45) is 0.299. The third-order valence-corrected chi connectivity index (χ3v) is 4.37. The van der Waals surface area contributed by atoms with Crippen LogP contribution in [0.3, 0.4) is 0 Å². The average Bonchev–Trinajstić information content (AvgIpc) is 3.06. The van der Waals surface area contributed by atoms with Gasteiger partial charge >= 0.3 is 5.97 Å². The number of nitro benzene ring substituents is 1. The Labute approximate surface area is 169 Å². The molecule has 154 valence electrons. The van der Waals surface area contributed by atoms with Gasteiger partial charge in [-0.05, 0) is 26.3 Å². The van der Waals surface area contributed by atoms with Gasteiger partial charge in [0.05, 0.1) is 4.92 Å². The van der Waals surface area contributed by atoms with Crippen molar-refractivity contribution >= 4 is 45.6 Å². The van der Waals surface area contributed by atoms with Gasteiger partial charge in [0, 0.05) is 30.2 Å². The molecule has 0 aliphatic carbocycles. The number of nitro groups is 1. The van der Waals surface area contributed by atoms with Crippen molar-refractivity contribution in [1.29, 1.82) is 0 Å². The summed E-state index contributed by atoms with van der Waals surface area (Å²) in [4.78, 5) is 45.6. The van der Waals surface area contributed by atoms with Gasteiger partial charge in [0.1, 0.15) is 5.01 Å². The Morgan fingerprint density at radius 1 is 1.14 bits per heavy atom. The molecule has 11 nitrogen and oxygen atoms in total. The van der Waals surface area contributed by atoms with E-state index in [1.54, 1.807) is 13.8 Å². The van der Waals surface area contributed by atoms with Crippen LogP contribution >= 0.6 is 11.3 Å². The van der Waals surface area contributed by atoms with E-state index in [4.69, 9.17) is 4.74 Å². The summed E-state index contributed by atoms with van der Waals surface area (Å²) in [6, 6.07) is 4.25. The molecule has 0 aliphatic heterocycles. The second-order valence-electron chi connectivity index (χ2n) is 6.00. The first-order chi connectivity index (χ1) is 13.7. The van der Waals surface area contributed by atoms with Gasteiger partial charge in [0.25, 0.3) is 11.6 Å². The molecule has 2 aromatic rings. The fourth-order valence-electron chi connectivity index (χ4n) is 2.22. The van der Waals surface area contributed by atoms with Gasteiger partial charge in [-0.3, -0.25) is 24.5 Å². The summed E-state index contributed by atoms with van der Waals surface area (Å²) in [6.45, 7) is 2.82. The van der Waals surface area contributed by atoms with E-state index in [1.807, 2.05) is 0 Å². The van der Waals surface area contributed by atoms with Crippen LogP contribution in [0.15, 0.2) is 18.2 Å². The minimum atomic E-state index is -0.630. The molecule has 0 saturated carbocycles. The Morgan fingerprint density at radius 3 is 2.55 bits per heavy atom. The first-order valence-electron chi connectivity index (χ1n) is 8.55. The number of anilines is 2. The van der Waals surface area contributed by atoms with Crippen molar-refractivity contribution in [1.82, 2.24) is 10.2 Å². The highest BCUT2D eigenvalue weighted by Gasteiger charge is 2.14. The number of aromatic nitrogens is 2. The van der Waals surface area contributed by atoms with Gasteiger partial charge in [0.2, 0.25) is 11.0 Å². The maximum atomic E-state index is 11.8. The van der Waals surface area contributed by atoms with E-state index in [9.17, 15) is 24.5 Å². The third-order valence-electron chi connectivity index (χ3n) is 3.61. The lowest BCUT2D eigenvalue weighted by Crippen LogP contribution is -2.21. The Morgan fingerprint density at radius 2 is 1.90 bits per heavy atom. The van der Waals surface area contributed by atoms with E-state index < -0.39 is 23.4 Å². The molecule has 1 heterocycles. The Bertz CT molecular complexity index is 929. The van der Waals surface area contributed by atoms with Crippen LogP contribution < -0.4 is 10.6 Å². The number of amides is 2. The molecule has 29 heavy (non-hydrogen) atoms. The summed E-state index contributed by atoms with van der Waals surface area (Å²) in [5.41, 5.74) is 0.568. The number of nitrogens with one attached hydrogen (secondary N) is 2. The van der Waals surface area contributed by atoms with Gasteiger partial charge in [-0.15, -0.1) is 10.2 Å². The first-order valence-corrected chi connectivity index (χ1v) is 9.36. The lowest BCUT2D eigenvalue weighted by Gasteiger charge is -2.07. The van der Waals surface area contributed by atoms with Crippen LogP contribution in [0.4, 0.5) is 16.5 Å². The Hall–Kier alpha value is -3.41. The molecule has 1 aromatic heterocycles. The lowest BCUT2D eigenvalue weighted by molar-refractivity contribution is -0.385. The van der Waals surface area contributed by atoms with E-state index >= 15 is 0 Å². The molecule has 12 heteroatoms. The number of hydrogen-bond donors (Lipinski definition) is 2. The van der Waals surface area contributed by atoms with Crippen molar-refractivity contribution in [3.8, 4) is 0 Å². The number of nitrogens with zero attached hydrogens (tertiary/aromatic N) is 3. The molecule has 2 amide bonds. The minimum Gasteiger partial charge on any atom is -0.456 e. The molecule has 0 fully saturated rings. The highest BCUT2D eigenvalue weighted by atomic mass is 32.1. The monoisotopic (exact) mass is 421 g/mol. The Kier molecular flexibility index (Phi) is 7.71. The molecule has 2 N–H and O–H groups in total. The predicted octanol–water partition coefficient (Wildman–Crippen LogP) is 2.35. The van der Waals surface area contributed by atoms with E-state index in [1.165, 1.54) is 29.5 Å². The second-order valence-corrected chi connectivity index (χ2v) is 7.18. The summed E-state index contributed by atoms with van der Waals surface area (Å²) < 4.78 is 4.84. The zero-order valence-corrected chi connectivity index (χ0v) is 16.6. The molecular weight excluding hydrogens is 402 g/mol. The van der Waals surface area contributed by atoms with Crippen LogP contribution in [0.1, 0.15) is 29.8 Å². The van der Waals surface area contributed by atoms with Crippen molar-refractivity contribution in [3.63, 3.8) is 0 Å². The van der Waals surface area contributed by atoms with Crippen LogP contribution in [0.2, 0.25) is 0 Å². The van der Waals surface area contributed by atoms with Gasteiger partial charge in [0.15, 0.2) is 6.61 Å². The quantitative estimate of drug-likeness (QED) is 0.355. The number of carbonyl (C=O) groups is 3. The Balaban J connectivity index is 1.68. The molecule has 0 radical (unpaired) electrons. The molecule has 0 aliphatic rings. The predicted molar refractivity (Wildman–Crippen MR) is 105 cm³/mol.